The number of nitrogens with zero attached hydrogens (tertiary/aromatic N) is 3. The van der Waals surface area contributed by atoms with Gasteiger partial charge in [0.25, 0.3) is 5.91 Å². The smallest absolute Gasteiger partial charge is 0.251 e. The molecule has 3 N–H and O–H groups in total. The molecular formula is C32H35F2N5OS. The van der Waals surface area contributed by atoms with Crippen molar-refractivity contribution in [2.75, 3.05) is 26.2 Å². The van der Waals surface area contributed by atoms with Gasteiger partial charge in [-0.25, -0.2) is 13.2 Å². The van der Waals surface area contributed by atoms with Gasteiger partial charge in [-0.1, -0.05) is 36.8 Å². The lowest BCUT2D eigenvalue weighted by atomic mass is 9.88. The molecule has 0 spiro atoms. The molecule has 1 aliphatic heterocycles. The normalized spacial score (nSPS) is 14.4. The molecule has 214 valence electrons. The summed E-state index contributed by atoms with van der Waals surface area (Å²) < 4.78 is 31.6. The topological polar surface area (TPSA) is 83.1 Å². The zero-order valence-electron chi connectivity index (χ0n) is 23.2. The van der Waals surface area contributed by atoms with E-state index >= 15 is 0 Å². The van der Waals surface area contributed by atoms with Crippen LogP contribution in [0.3, 0.4) is 0 Å². The van der Waals surface area contributed by atoms with E-state index in [4.69, 9.17) is 5.84 Å². The Kier molecular flexibility index (Phi) is 11.2. The fourth-order valence-electron chi connectivity index (χ4n) is 4.70. The minimum Gasteiger partial charge on any atom is -0.352 e. The van der Waals surface area contributed by atoms with Gasteiger partial charge in [0.1, 0.15) is 11.6 Å². The summed E-state index contributed by atoms with van der Waals surface area (Å²) in [5.74, 6) is 5.00. The van der Waals surface area contributed by atoms with Crippen molar-refractivity contribution in [3.05, 3.63) is 107 Å². The number of rotatable bonds is 11. The van der Waals surface area contributed by atoms with E-state index in [0.29, 0.717) is 24.2 Å². The molecule has 41 heavy (non-hydrogen) atoms. The fourth-order valence-corrected chi connectivity index (χ4v) is 5.25. The van der Waals surface area contributed by atoms with Crippen LogP contribution in [0.2, 0.25) is 0 Å². The minimum atomic E-state index is -0.281. The monoisotopic (exact) mass is 575 g/mol. The molecule has 1 amide bonds. The molecular weight excluding hydrogens is 540 g/mol. The Morgan fingerprint density at radius 3 is 2.02 bits per heavy atom. The second kappa shape index (κ2) is 15.3. The first kappa shape index (κ1) is 30.1. The van der Waals surface area contributed by atoms with E-state index in [9.17, 15) is 13.6 Å². The first-order chi connectivity index (χ1) is 20.0. The molecule has 4 rings (SSSR count). The second-order valence-corrected chi connectivity index (χ2v) is 10.7. The largest absolute Gasteiger partial charge is 0.352 e. The van der Waals surface area contributed by atoms with E-state index in [2.05, 4.69) is 19.7 Å². The van der Waals surface area contributed by atoms with Crippen molar-refractivity contribution in [1.82, 2.24) is 10.2 Å². The average Bonchev–Trinajstić information content (AvgIpc) is 3.00. The molecule has 0 aromatic heterocycles. The molecule has 0 radical (unpaired) electrons. The lowest BCUT2D eigenvalue weighted by Gasteiger charge is -2.30. The van der Waals surface area contributed by atoms with E-state index < -0.39 is 0 Å². The van der Waals surface area contributed by atoms with Crippen LogP contribution in [-0.4, -0.2) is 48.9 Å². The van der Waals surface area contributed by atoms with Crippen LogP contribution in [0, 0.1) is 11.6 Å². The lowest BCUT2D eigenvalue weighted by Crippen LogP contribution is -2.33. The standard InChI is InChI=1S/C32H35F2N5OS/c1-2-18-36-32(40)26-7-13-30(14-8-26)41-37-22-29(38-35)17-21-39-19-15-25(16-20-39)31(23-3-9-27(33)10-4-23)24-5-11-28(34)12-6-24/h3-14,22H,2,15-21,35H2,1H3,(H,36,40). The summed E-state index contributed by atoms with van der Waals surface area (Å²) in [4.78, 5) is 15.3. The Balaban J connectivity index is 1.31. The van der Waals surface area contributed by atoms with Gasteiger partial charge in [0.15, 0.2) is 0 Å². The quantitative estimate of drug-likeness (QED) is 0.119. The molecule has 1 fully saturated rings. The van der Waals surface area contributed by atoms with Gasteiger partial charge in [0.05, 0.1) is 11.9 Å². The predicted octanol–water partition coefficient (Wildman–Crippen LogP) is 6.49. The maximum absolute atomic E-state index is 13.6. The van der Waals surface area contributed by atoms with Gasteiger partial charge in [0.2, 0.25) is 0 Å². The van der Waals surface area contributed by atoms with Crippen LogP contribution < -0.4 is 11.2 Å². The molecule has 0 aliphatic carbocycles. The Labute approximate surface area is 244 Å². The third-order valence-corrected chi connectivity index (χ3v) is 7.63. The summed E-state index contributed by atoms with van der Waals surface area (Å²) >= 11 is 1.30. The molecule has 0 atom stereocenters. The van der Waals surface area contributed by atoms with Gasteiger partial charge >= 0.3 is 0 Å². The number of hydrogen-bond acceptors (Lipinski definition) is 6. The van der Waals surface area contributed by atoms with Crippen molar-refractivity contribution in [3.63, 3.8) is 0 Å². The second-order valence-electron chi connectivity index (χ2n) is 9.81. The molecule has 3 aromatic rings. The molecule has 0 unspecified atom stereocenters. The lowest BCUT2D eigenvalue weighted by molar-refractivity contribution is 0.0953. The summed E-state index contributed by atoms with van der Waals surface area (Å²) in [6.07, 6.45) is 4.96. The summed E-state index contributed by atoms with van der Waals surface area (Å²) in [5, 5.41) is 6.77. The number of hydrazone groups is 1. The van der Waals surface area contributed by atoms with Crippen LogP contribution in [0.1, 0.15) is 54.1 Å². The zero-order chi connectivity index (χ0) is 29.0. The summed E-state index contributed by atoms with van der Waals surface area (Å²) in [6.45, 7) is 5.20. The number of amides is 1. The van der Waals surface area contributed by atoms with Gasteiger partial charge in [-0.05, 0) is 84.5 Å². The number of nitrogens with one attached hydrogen (secondary N) is 1. The first-order valence-electron chi connectivity index (χ1n) is 13.8. The van der Waals surface area contributed by atoms with Crippen molar-refractivity contribution in [2.24, 2.45) is 15.3 Å². The number of halogens is 2. The first-order valence-corrected chi connectivity index (χ1v) is 14.6. The van der Waals surface area contributed by atoms with Crippen molar-refractivity contribution in [3.8, 4) is 0 Å². The summed E-state index contributed by atoms with van der Waals surface area (Å²) in [5.41, 5.74) is 5.52. The molecule has 1 heterocycles. The van der Waals surface area contributed by atoms with E-state index in [1.165, 1.54) is 41.8 Å². The Bertz CT molecular complexity index is 1330. The highest BCUT2D eigenvalue weighted by atomic mass is 32.2. The zero-order valence-corrected chi connectivity index (χ0v) is 24.0. The summed E-state index contributed by atoms with van der Waals surface area (Å²) in [6, 6.07) is 20.3. The van der Waals surface area contributed by atoms with Gasteiger partial charge in [-0.15, -0.1) is 0 Å². The van der Waals surface area contributed by atoms with Crippen molar-refractivity contribution in [2.45, 2.75) is 37.5 Å². The third kappa shape index (κ3) is 8.83. The highest BCUT2D eigenvalue weighted by Gasteiger charge is 2.19. The molecule has 0 bridgehead atoms. The maximum atomic E-state index is 13.6. The highest BCUT2D eigenvalue weighted by Crippen LogP contribution is 2.32. The number of piperidine rings is 1. The van der Waals surface area contributed by atoms with Crippen LogP contribution >= 0.6 is 11.9 Å². The molecule has 1 aliphatic rings. The highest BCUT2D eigenvalue weighted by molar-refractivity contribution is 7.98. The minimum absolute atomic E-state index is 0.0769. The van der Waals surface area contributed by atoms with E-state index in [1.54, 1.807) is 42.6 Å². The number of nitrogens with two attached hydrogens (primary N) is 1. The van der Waals surface area contributed by atoms with Gasteiger partial charge in [0, 0.05) is 55.0 Å². The van der Waals surface area contributed by atoms with Crippen LogP contribution in [0.5, 0.6) is 0 Å². The van der Waals surface area contributed by atoms with Crippen LogP contribution in [0.4, 0.5) is 8.78 Å². The van der Waals surface area contributed by atoms with Crippen molar-refractivity contribution >= 4 is 35.4 Å². The molecule has 6 nitrogen and oxygen atoms in total. The van der Waals surface area contributed by atoms with Crippen LogP contribution in [-0.2, 0) is 0 Å². The van der Waals surface area contributed by atoms with Crippen LogP contribution in [0.25, 0.3) is 5.57 Å². The van der Waals surface area contributed by atoms with Gasteiger partial charge < -0.3 is 16.1 Å². The Hall–Kier alpha value is -3.82. The average molecular weight is 576 g/mol. The Morgan fingerprint density at radius 2 is 1.49 bits per heavy atom. The molecule has 0 saturated carbocycles. The fraction of sp³-hybridized carbons (Fsp3) is 0.281. The van der Waals surface area contributed by atoms with Crippen molar-refractivity contribution in [1.29, 1.82) is 0 Å². The number of likely N-dealkylation sites (tertiary alicyclic amines) is 1. The number of benzene rings is 3. The number of carbonyl (C=O) groups is 1. The maximum Gasteiger partial charge on any atom is 0.251 e. The third-order valence-electron chi connectivity index (χ3n) is 6.94. The van der Waals surface area contributed by atoms with E-state index in [-0.39, 0.29) is 17.5 Å². The molecule has 1 saturated heterocycles. The Morgan fingerprint density at radius 1 is 0.927 bits per heavy atom. The number of carbonyl (C=O) groups excluding carboxylic acids is 1. The summed E-state index contributed by atoms with van der Waals surface area (Å²) in [7, 11) is 0. The van der Waals surface area contributed by atoms with Crippen molar-refractivity contribution < 1.29 is 13.6 Å². The predicted molar refractivity (Wildman–Crippen MR) is 164 cm³/mol. The molecule has 9 heteroatoms. The SMILES string of the molecule is CCCNC(=O)c1ccc(SN=CC(CCN2CCC(=C(c3ccc(F)cc3)c3ccc(F)cc3)CC2)=NN)cc1. The van der Waals surface area contributed by atoms with Gasteiger partial charge in [-0.2, -0.15) is 5.10 Å². The number of hydrogen-bond donors (Lipinski definition) is 2. The van der Waals surface area contributed by atoms with Gasteiger partial charge in [-0.3, -0.25) is 4.79 Å². The van der Waals surface area contributed by atoms with Crippen LogP contribution in [0.15, 0.2) is 92.8 Å². The van der Waals surface area contributed by atoms with E-state index in [0.717, 1.165) is 60.5 Å². The van der Waals surface area contributed by atoms with E-state index in [1.807, 2.05) is 19.1 Å². The molecule has 3 aromatic carbocycles.